The van der Waals surface area contributed by atoms with Crippen LogP contribution in [0.3, 0.4) is 0 Å². The largest absolute Gasteiger partial charge is 0.389 e. The number of ether oxygens (including phenoxy) is 1. The summed E-state index contributed by atoms with van der Waals surface area (Å²) in [7, 11) is 0. The summed E-state index contributed by atoms with van der Waals surface area (Å²) in [5, 5.41) is 10.2. The van der Waals surface area contributed by atoms with E-state index in [0.717, 1.165) is 37.4 Å². The van der Waals surface area contributed by atoms with Crippen LogP contribution in [0.2, 0.25) is 5.02 Å². The Kier molecular flexibility index (Phi) is 4.49. The summed E-state index contributed by atoms with van der Waals surface area (Å²) in [5.41, 5.74) is 1.89. The van der Waals surface area contributed by atoms with E-state index < -0.39 is 6.10 Å². The van der Waals surface area contributed by atoms with Crippen molar-refractivity contribution >= 4 is 17.3 Å². The molecule has 1 saturated heterocycles. The number of halogens is 1. The predicted octanol–water partition coefficient (Wildman–Crippen LogP) is 3.01. The standard InChI is InChI=1S/C14H20ClNO2/c1-3-11-9-18-7-6-16(11)12-4-5-13(10(2)17)14(15)8-12/h4-5,8,10-11,17H,3,6-7,9H2,1-2H3. The van der Waals surface area contributed by atoms with Crippen molar-refractivity contribution in [2.24, 2.45) is 0 Å². The van der Waals surface area contributed by atoms with Crippen LogP contribution in [0.1, 0.15) is 31.9 Å². The number of anilines is 1. The lowest BCUT2D eigenvalue weighted by Gasteiger charge is -2.37. The third-order valence-electron chi connectivity index (χ3n) is 3.46. The number of hydrogen-bond acceptors (Lipinski definition) is 3. The fourth-order valence-corrected chi connectivity index (χ4v) is 2.70. The highest BCUT2D eigenvalue weighted by Gasteiger charge is 2.22. The predicted molar refractivity (Wildman–Crippen MR) is 74.3 cm³/mol. The second-order valence-corrected chi connectivity index (χ2v) is 5.12. The minimum atomic E-state index is -0.529. The van der Waals surface area contributed by atoms with E-state index in [0.29, 0.717) is 11.1 Å². The lowest BCUT2D eigenvalue weighted by Crippen LogP contribution is -2.45. The number of benzene rings is 1. The van der Waals surface area contributed by atoms with Gasteiger partial charge in [-0.1, -0.05) is 24.6 Å². The molecule has 1 heterocycles. The monoisotopic (exact) mass is 269 g/mol. The first-order valence-corrected chi connectivity index (χ1v) is 6.83. The van der Waals surface area contributed by atoms with Gasteiger partial charge in [-0.25, -0.2) is 0 Å². The lowest BCUT2D eigenvalue weighted by molar-refractivity contribution is 0.0930. The maximum atomic E-state index is 9.59. The van der Waals surface area contributed by atoms with Gasteiger partial charge in [0, 0.05) is 17.3 Å². The summed E-state index contributed by atoms with van der Waals surface area (Å²) < 4.78 is 5.50. The second kappa shape index (κ2) is 5.91. The van der Waals surface area contributed by atoms with Crippen LogP contribution in [-0.2, 0) is 4.74 Å². The Morgan fingerprint density at radius 1 is 1.56 bits per heavy atom. The summed E-state index contributed by atoms with van der Waals surface area (Å²) in [4.78, 5) is 2.33. The molecule has 2 unspecified atom stereocenters. The summed E-state index contributed by atoms with van der Waals surface area (Å²) >= 11 is 6.22. The van der Waals surface area contributed by atoms with Gasteiger partial charge in [0.15, 0.2) is 0 Å². The minimum Gasteiger partial charge on any atom is -0.389 e. The van der Waals surface area contributed by atoms with Gasteiger partial charge in [0.05, 0.1) is 25.4 Å². The van der Waals surface area contributed by atoms with Crippen molar-refractivity contribution < 1.29 is 9.84 Å². The molecule has 100 valence electrons. The highest BCUT2D eigenvalue weighted by molar-refractivity contribution is 6.31. The van der Waals surface area contributed by atoms with Gasteiger partial charge >= 0.3 is 0 Å². The third kappa shape index (κ3) is 2.79. The quantitative estimate of drug-likeness (QED) is 0.916. The molecule has 0 aliphatic carbocycles. The van der Waals surface area contributed by atoms with E-state index in [-0.39, 0.29) is 0 Å². The Hall–Kier alpha value is -0.770. The Morgan fingerprint density at radius 2 is 2.33 bits per heavy atom. The van der Waals surface area contributed by atoms with E-state index in [4.69, 9.17) is 16.3 Å². The van der Waals surface area contributed by atoms with Crippen LogP contribution in [0.25, 0.3) is 0 Å². The van der Waals surface area contributed by atoms with Crippen LogP contribution < -0.4 is 4.90 Å². The smallest absolute Gasteiger partial charge is 0.0776 e. The average Bonchev–Trinajstić information content (AvgIpc) is 2.38. The number of hydrogen-bond donors (Lipinski definition) is 1. The first-order valence-electron chi connectivity index (χ1n) is 6.45. The zero-order valence-electron chi connectivity index (χ0n) is 10.9. The molecule has 1 aromatic rings. The van der Waals surface area contributed by atoms with Crippen molar-refractivity contribution in [2.45, 2.75) is 32.4 Å². The van der Waals surface area contributed by atoms with Gasteiger partial charge in [-0.3, -0.25) is 0 Å². The van der Waals surface area contributed by atoms with Crippen LogP contribution in [-0.4, -0.2) is 30.9 Å². The Bertz CT molecular complexity index is 409. The molecule has 1 N–H and O–H groups in total. The minimum absolute atomic E-state index is 0.409. The van der Waals surface area contributed by atoms with E-state index in [1.165, 1.54) is 0 Å². The summed E-state index contributed by atoms with van der Waals surface area (Å²) in [5.74, 6) is 0. The highest BCUT2D eigenvalue weighted by Crippen LogP contribution is 2.29. The van der Waals surface area contributed by atoms with E-state index in [2.05, 4.69) is 11.8 Å². The highest BCUT2D eigenvalue weighted by atomic mass is 35.5. The van der Waals surface area contributed by atoms with Crippen molar-refractivity contribution in [2.75, 3.05) is 24.7 Å². The third-order valence-corrected chi connectivity index (χ3v) is 3.79. The van der Waals surface area contributed by atoms with Crippen molar-refractivity contribution in [3.8, 4) is 0 Å². The molecule has 0 amide bonds. The molecular weight excluding hydrogens is 250 g/mol. The fraction of sp³-hybridized carbons (Fsp3) is 0.571. The second-order valence-electron chi connectivity index (χ2n) is 4.71. The zero-order chi connectivity index (χ0) is 13.1. The van der Waals surface area contributed by atoms with Gasteiger partial charge in [0.2, 0.25) is 0 Å². The number of aliphatic hydroxyl groups is 1. The van der Waals surface area contributed by atoms with E-state index in [9.17, 15) is 5.11 Å². The lowest BCUT2D eigenvalue weighted by atomic mass is 10.1. The van der Waals surface area contributed by atoms with Gasteiger partial charge in [0.25, 0.3) is 0 Å². The molecule has 1 aromatic carbocycles. The molecule has 1 fully saturated rings. The number of aliphatic hydroxyl groups excluding tert-OH is 1. The molecule has 2 atom stereocenters. The van der Waals surface area contributed by atoms with Gasteiger partial charge < -0.3 is 14.7 Å². The molecule has 1 aliphatic heterocycles. The van der Waals surface area contributed by atoms with Crippen LogP contribution in [0.5, 0.6) is 0 Å². The average molecular weight is 270 g/mol. The summed E-state index contributed by atoms with van der Waals surface area (Å²) in [6.07, 6.45) is 0.522. The van der Waals surface area contributed by atoms with Crippen LogP contribution in [0, 0.1) is 0 Å². The maximum Gasteiger partial charge on any atom is 0.0776 e. The summed E-state index contributed by atoms with van der Waals surface area (Å²) in [6.45, 7) is 6.31. The van der Waals surface area contributed by atoms with Crippen molar-refractivity contribution in [3.63, 3.8) is 0 Å². The van der Waals surface area contributed by atoms with Gasteiger partial charge in [-0.2, -0.15) is 0 Å². The molecule has 0 radical (unpaired) electrons. The van der Waals surface area contributed by atoms with Crippen molar-refractivity contribution in [3.05, 3.63) is 28.8 Å². The van der Waals surface area contributed by atoms with E-state index in [1.54, 1.807) is 6.92 Å². The molecular formula is C14H20ClNO2. The number of morpholine rings is 1. The Balaban J connectivity index is 2.24. The van der Waals surface area contributed by atoms with Crippen LogP contribution >= 0.6 is 11.6 Å². The molecule has 3 nitrogen and oxygen atoms in total. The Labute approximate surface area is 113 Å². The van der Waals surface area contributed by atoms with Gasteiger partial charge in [-0.15, -0.1) is 0 Å². The SMILES string of the molecule is CCC1COCCN1c1ccc(C(C)O)c(Cl)c1. The normalized spacial score (nSPS) is 22.0. The van der Waals surface area contributed by atoms with Gasteiger partial charge in [-0.05, 0) is 31.0 Å². The first kappa shape index (κ1) is 13.7. The Morgan fingerprint density at radius 3 is 2.94 bits per heavy atom. The van der Waals surface area contributed by atoms with E-state index in [1.807, 2.05) is 18.2 Å². The van der Waals surface area contributed by atoms with Gasteiger partial charge in [0.1, 0.15) is 0 Å². The topological polar surface area (TPSA) is 32.7 Å². The molecule has 4 heteroatoms. The fourth-order valence-electron chi connectivity index (χ4n) is 2.37. The summed E-state index contributed by atoms with van der Waals surface area (Å²) in [6, 6.07) is 6.29. The molecule has 1 aliphatic rings. The first-order chi connectivity index (χ1) is 8.63. The van der Waals surface area contributed by atoms with Crippen LogP contribution in [0.15, 0.2) is 18.2 Å². The zero-order valence-corrected chi connectivity index (χ0v) is 11.7. The van der Waals surface area contributed by atoms with E-state index >= 15 is 0 Å². The van der Waals surface area contributed by atoms with Crippen LogP contribution in [0.4, 0.5) is 5.69 Å². The van der Waals surface area contributed by atoms with Crippen molar-refractivity contribution in [1.29, 1.82) is 0 Å². The molecule has 0 saturated carbocycles. The molecule has 18 heavy (non-hydrogen) atoms. The molecule has 0 spiro atoms. The maximum absolute atomic E-state index is 9.59. The molecule has 2 rings (SSSR count). The van der Waals surface area contributed by atoms with Crippen molar-refractivity contribution in [1.82, 2.24) is 0 Å². The molecule has 0 bridgehead atoms. The number of nitrogens with zero attached hydrogens (tertiary/aromatic N) is 1. The number of rotatable bonds is 3. The molecule has 0 aromatic heterocycles.